The van der Waals surface area contributed by atoms with Gasteiger partial charge in [0.05, 0.1) is 0 Å². The third kappa shape index (κ3) is 2.68. The highest BCUT2D eigenvalue weighted by molar-refractivity contribution is 5.76. The molecule has 0 spiro atoms. The summed E-state index contributed by atoms with van der Waals surface area (Å²) in [5.41, 5.74) is 6.28. The maximum Gasteiger partial charge on any atom is 0.325 e. The van der Waals surface area contributed by atoms with Gasteiger partial charge in [-0.05, 0) is 24.1 Å². The highest BCUT2D eigenvalue weighted by Crippen LogP contribution is 2.24. The van der Waals surface area contributed by atoms with Crippen molar-refractivity contribution in [1.29, 1.82) is 0 Å². The van der Waals surface area contributed by atoms with E-state index in [1.807, 2.05) is 0 Å². The molecule has 1 atom stereocenters. The zero-order chi connectivity index (χ0) is 11.4. The normalized spacial score (nSPS) is 12.4. The zero-order valence-electron chi connectivity index (χ0n) is 8.05. The van der Waals surface area contributed by atoms with Gasteiger partial charge < -0.3 is 21.1 Å². The molecule has 1 aromatic carbocycles. The molecule has 0 amide bonds. The van der Waals surface area contributed by atoms with Crippen molar-refractivity contribution in [3.8, 4) is 5.75 Å². The first-order valence-electron chi connectivity index (χ1n) is 4.47. The summed E-state index contributed by atoms with van der Waals surface area (Å²) >= 11 is 0. The predicted molar refractivity (Wildman–Crippen MR) is 53.5 cm³/mol. The van der Waals surface area contributed by atoms with Crippen molar-refractivity contribution >= 4 is 5.97 Å². The van der Waals surface area contributed by atoms with Crippen LogP contribution in [-0.2, 0) is 11.2 Å². The van der Waals surface area contributed by atoms with Crippen LogP contribution in [0.1, 0.15) is 17.2 Å². The van der Waals surface area contributed by atoms with Crippen LogP contribution in [0.15, 0.2) is 18.2 Å². The minimum Gasteiger partial charge on any atom is -0.508 e. The van der Waals surface area contributed by atoms with Crippen molar-refractivity contribution in [2.24, 2.45) is 5.73 Å². The van der Waals surface area contributed by atoms with Gasteiger partial charge in [0, 0.05) is 12.2 Å². The molecule has 5 heteroatoms. The molecule has 0 aliphatic rings. The van der Waals surface area contributed by atoms with Gasteiger partial charge in [0.15, 0.2) is 0 Å². The number of phenols is 1. The molecular formula is C10H13NO4. The van der Waals surface area contributed by atoms with E-state index in [0.29, 0.717) is 6.42 Å². The van der Waals surface area contributed by atoms with Crippen LogP contribution < -0.4 is 5.73 Å². The summed E-state index contributed by atoms with van der Waals surface area (Å²) in [6.07, 6.45) is 0.402. The fraction of sp³-hybridized carbons (Fsp3) is 0.300. The molecule has 0 heterocycles. The first-order chi connectivity index (χ1) is 7.06. The number of carboxylic acids is 1. The number of aliphatic hydroxyl groups is 1. The summed E-state index contributed by atoms with van der Waals surface area (Å²) < 4.78 is 0. The SMILES string of the molecule is N[C@H](C(=O)O)c1cc(CCO)ccc1O. The number of aliphatic carboxylic acids is 1. The largest absolute Gasteiger partial charge is 0.508 e. The Labute approximate surface area is 86.8 Å². The van der Waals surface area contributed by atoms with Crippen LogP contribution in [-0.4, -0.2) is 27.9 Å². The Morgan fingerprint density at radius 3 is 2.67 bits per heavy atom. The van der Waals surface area contributed by atoms with E-state index in [4.69, 9.17) is 15.9 Å². The maximum absolute atomic E-state index is 10.6. The van der Waals surface area contributed by atoms with E-state index in [0.717, 1.165) is 5.56 Å². The molecule has 0 unspecified atom stereocenters. The second-order valence-electron chi connectivity index (χ2n) is 3.18. The van der Waals surface area contributed by atoms with Crippen LogP contribution in [0.4, 0.5) is 0 Å². The van der Waals surface area contributed by atoms with Gasteiger partial charge in [-0.25, -0.2) is 0 Å². The number of benzene rings is 1. The molecule has 0 fully saturated rings. The average Bonchev–Trinajstić information content (AvgIpc) is 2.20. The quantitative estimate of drug-likeness (QED) is 0.561. The molecule has 15 heavy (non-hydrogen) atoms. The number of phenolic OH excluding ortho intramolecular Hbond substituents is 1. The Morgan fingerprint density at radius 2 is 2.13 bits per heavy atom. The lowest BCUT2D eigenvalue weighted by molar-refractivity contribution is -0.138. The maximum atomic E-state index is 10.6. The van der Waals surface area contributed by atoms with Crippen molar-refractivity contribution < 1.29 is 20.1 Å². The van der Waals surface area contributed by atoms with Gasteiger partial charge in [-0.3, -0.25) is 4.79 Å². The number of carboxylic acid groups (broad SMARTS) is 1. The summed E-state index contributed by atoms with van der Waals surface area (Å²) in [6, 6.07) is 3.24. The molecule has 0 bridgehead atoms. The lowest BCUT2D eigenvalue weighted by Crippen LogP contribution is -2.20. The highest BCUT2D eigenvalue weighted by Gasteiger charge is 2.18. The Balaban J connectivity index is 3.04. The Kier molecular flexibility index (Phi) is 3.65. The van der Waals surface area contributed by atoms with Crippen molar-refractivity contribution in [2.75, 3.05) is 6.61 Å². The van der Waals surface area contributed by atoms with Gasteiger partial charge in [-0.15, -0.1) is 0 Å². The van der Waals surface area contributed by atoms with E-state index in [1.165, 1.54) is 12.1 Å². The van der Waals surface area contributed by atoms with Crippen molar-refractivity contribution in [1.82, 2.24) is 0 Å². The topological polar surface area (TPSA) is 104 Å². The summed E-state index contributed by atoms with van der Waals surface area (Å²) in [7, 11) is 0. The molecule has 82 valence electrons. The summed E-state index contributed by atoms with van der Waals surface area (Å²) in [5.74, 6) is -1.35. The van der Waals surface area contributed by atoms with Crippen LogP contribution >= 0.6 is 0 Å². The second kappa shape index (κ2) is 4.77. The molecule has 0 aromatic heterocycles. The zero-order valence-corrected chi connectivity index (χ0v) is 8.05. The summed E-state index contributed by atoms with van der Waals surface area (Å²) in [4.78, 5) is 10.6. The van der Waals surface area contributed by atoms with Gasteiger partial charge in [-0.2, -0.15) is 0 Å². The number of hydrogen-bond donors (Lipinski definition) is 4. The smallest absolute Gasteiger partial charge is 0.325 e. The monoisotopic (exact) mass is 211 g/mol. The fourth-order valence-electron chi connectivity index (χ4n) is 1.27. The van der Waals surface area contributed by atoms with Crippen LogP contribution in [0.2, 0.25) is 0 Å². The van der Waals surface area contributed by atoms with E-state index in [-0.39, 0.29) is 17.9 Å². The Hall–Kier alpha value is -1.59. The van der Waals surface area contributed by atoms with Gasteiger partial charge in [-0.1, -0.05) is 6.07 Å². The molecule has 5 N–H and O–H groups in total. The van der Waals surface area contributed by atoms with Crippen molar-refractivity contribution in [3.05, 3.63) is 29.3 Å². The minimum atomic E-state index is -1.25. The number of nitrogens with two attached hydrogens (primary N) is 1. The van der Waals surface area contributed by atoms with E-state index in [1.54, 1.807) is 6.07 Å². The van der Waals surface area contributed by atoms with Crippen LogP contribution in [0, 0.1) is 0 Å². The predicted octanol–water partition coefficient (Wildman–Crippen LogP) is 0.0114. The molecule has 5 nitrogen and oxygen atoms in total. The first kappa shape index (κ1) is 11.5. The second-order valence-corrected chi connectivity index (χ2v) is 3.18. The van der Waals surface area contributed by atoms with E-state index < -0.39 is 12.0 Å². The van der Waals surface area contributed by atoms with Crippen LogP contribution in [0.3, 0.4) is 0 Å². The number of aliphatic hydroxyl groups excluding tert-OH is 1. The molecule has 0 aliphatic heterocycles. The summed E-state index contributed by atoms with van der Waals surface area (Å²) in [6.45, 7) is -0.0352. The Bertz CT molecular complexity index is 364. The number of rotatable bonds is 4. The number of aromatic hydroxyl groups is 1. The lowest BCUT2D eigenvalue weighted by Gasteiger charge is -2.10. The molecule has 0 radical (unpaired) electrons. The molecule has 1 rings (SSSR count). The van der Waals surface area contributed by atoms with Crippen molar-refractivity contribution in [2.45, 2.75) is 12.5 Å². The number of carbonyl (C=O) groups is 1. The lowest BCUT2D eigenvalue weighted by atomic mass is 10.0. The fourth-order valence-corrected chi connectivity index (χ4v) is 1.27. The van der Waals surface area contributed by atoms with Crippen LogP contribution in [0.25, 0.3) is 0 Å². The Morgan fingerprint density at radius 1 is 1.47 bits per heavy atom. The first-order valence-corrected chi connectivity index (χ1v) is 4.47. The summed E-state index contributed by atoms with van der Waals surface area (Å²) in [5, 5.41) is 26.8. The van der Waals surface area contributed by atoms with Gasteiger partial charge in [0.2, 0.25) is 0 Å². The van der Waals surface area contributed by atoms with Gasteiger partial charge in [0.1, 0.15) is 11.8 Å². The third-order valence-electron chi connectivity index (χ3n) is 2.09. The third-order valence-corrected chi connectivity index (χ3v) is 2.09. The molecule has 1 aromatic rings. The molecule has 0 saturated heterocycles. The molecular weight excluding hydrogens is 198 g/mol. The number of hydrogen-bond acceptors (Lipinski definition) is 4. The molecule has 0 aliphatic carbocycles. The van der Waals surface area contributed by atoms with E-state index in [2.05, 4.69) is 0 Å². The van der Waals surface area contributed by atoms with Crippen molar-refractivity contribution in [3.63, 3.8) is 0 Å². The van der Waals surface area contributed by atoms with E-state index in [9.17, 15) is 9.90 Å². The highest BCUT2D eigenvalue weighted by atomic mass is 16.4. The average molecular weight is 211 g/mol. The van der Waals surface area contributed by atoms with Gasteiger partial charge >= 0.3 is 5.97 Å². The van der Waals surface area contributed by atoms with Gasteiger partial charge in [0.25, 0.3) is 0 Å². The molecule has 0 saturated carbocycles. The standard InChI is InChI=1S/C10H13NO4/c11-9(10(14)15)7-5-6(3-4-12)1-2-8(7)13/h1-2,5,9,12-13H,3-4,11H2,(H,14,15)/t9-/m0/s1. The minimum absolute atomic E-state index is 0.0352. The van der Waals surface area contributed by atoms with E-state index >= 15 is 0 Å². The van der Waals surface area contributed by atoms with Crippen LogP contribution in [0.5, 0.6) is 5.75 Å².